The summed E-state index contributed by atoms with van der Waals surface area (Å²) in [5.74, 6) is 0.420. The Balaban J connectivity index is 1.54. The van der Waals surface area contributed by atoms with Crippen molar-refractivity contribution in [2.24, 2.45) is 5.73 Å². The van der Waals surface area contributed by atoms with Crippen molar-refractivity contribution in [3.8, 4) is 22.8 Å². The molecule has 0 aliphatic carbocycles. The molecule has 0 radical (unpaired) electrons. The van der Waals surface area contributed by atoms with Gasteiger partial charge in [-0.1, -0.05) is 36.4 Å². The molecule has 2 heterocycles. The largest absolute Gasteiger partial charge is 0.456 e. The van der Waals surface area contributed by atoms with Crippen molar-refractivity contribution in [3.05, 3.63) is 90.3 Å². The maximum absolute atomic E-state index is 13.1. The van der Waals surface area contributed by atoms with Gasteiger partial charge in [0.05, 0.1) is 29.2 Å². The van der Waals surface area contributed by atoms with Crippen LogP contribution in [0.15, 0.2) is 79.1 Å². The number of pyridine rings is 1. The number of hydrogen-bond acceptors (Lipinski definition) is 5. The average molecular weight is 456 g/mol. The van der Waals surface area contributed by atoms with Gasteiger partial charge in [-0.05, 0) is 51.1 Å². The summed E-state index contributed by atoms with van der Waals surface area (Å²) in [5.41, 5.74) is 7.43. The Morgan fingerprint density at radius 1 is 0.941 bits per heavy atom. The molecule has 0 aliphatic heterocycles. The number of nitrogens with zero attached hydrogens (tertiary/aromatic N) is 3. The minimum absolute atomic E-state index is 0.313. The summed E-state index contributed by atoms with van der Waals surface area (Å²) < 4.78 is 7.58. The normalized spacial score (nSPS) is 11.1. The highest BCUT2D eigenvalue weighted by Crippen LogP contribution is 2.29. The van der Waals surface area contributed by atoms with Crippen molar-refractivity contribution >= 4 is 17.6 Å². The SMILES string of the molecule is CC(C)(C)n1ncc(C(=O)Nc2ccc(Oc3cccc(C(N)=O)c3)cn2)c1-c1ccccc1. The first kappa shape index (κ1) is 22.7. The molecule has 4 rings (SSSR count). The van der Waals surface area contributed by atoms with E-state index in [0.717, 1.165) is 11.3 Å². The molecule has 2 aromatic heterocycles. The zero-order chi connectivity index (χ0) is 24.3. The third kappa shape index (κ3) is 4.96. The summed E-state index contributed by atoms with van der Waals surface area (Å²) in [7, 11) is 0. The molecule has 8 nitrogen and oxygen atoms in total. The first-order chi connectivity index (χ1) is 16.2. The van der Waals surface area contributed by atoms with E-state index >= 15 is 0 Å². The molecule has 0 aliphatic rings. The average Bonchev–Trinajstić information content (AvgIpc) is 3.27. The number of hydrogen-bond donors (Lipinski definition) is 2. The summed E-state index contributed by atoms with van der Waals surface area (Å²) in [6, 6.07) is 19.6. The molecular formula is C26H25N5O3. The highest BCUT2D eigenvalue weighted by molar-refractivity contribution is 6.07. The molecule has 2 amide bonds. The molecule has 0 spiro atoms. The number of ether oxygens (including phenoxy) is 1. The van der Waals surface area contributed by atoms with E-state index in [1.54, 1.807) is 42.6 Å². The monoisotopic (exact) mass is 455 g/mol. The van der Waals surface area contributed by atoms with Gasteiger partial charge >= 0.3 is 0 Å². The highest BCUT2D eigenvalue weighted by atomic mass is 16.5. The molecule has 4 aromatic rings. The molecule has 0 fully saturated rings. The van der Waals surface area contributed by atoms with Crippen molar-refractivity contribution in [1.82, 2.24) is 14.8 Å². The van der Waals surface area contributed by atoms with Crippen molar-refractivity contribution in [2.45, 2.75) is 26.3 Å². The van der Waals surface area contributed by atoms with Crippen molar-refractivity contribution in [3.63, 3.8) is 0 Å². The van der Waals surface area contributed by atoms with Crippen LogP contribution >= 0.6 is 0 Å². The molecule has 172 valence electrons. The van der Waals surface area contributed by atoms with Crippen LogP contribution in [-0.2, 0) is 5.54 Å². The van der Waals surface area contributed by atoms with E-state index in [-0.39, 0.29) is 11.4 Å². The lowest BCUT2D eigenvalue weighted by Gasteiger charge is -2.23. The van der Waals surface area contributed by atoms with Crippen LogP contribution in [0.5, 0.6) is 11.5 Å². The predicted octanol–water partition coefficient (Wildman–Crippen LogP) is 4.84. The van der Waals surface area contributed by atoms with E-state index < -0.39 is 5.91 Å². The van der Waals surface area contributed by atoms with Gasteiger partial charge in [-0.3, -0.25) is 14.3 Å². The molecule has 34 heavy (non-hydrogen) atoms. The van der Waals surface area contributed by atoms with Crippen LogP contribution in [0, 0.1) is 0 Å². The van der Waals surface area contributed by atoms with Gasteiger partial charge in [-0.2, -0.15) is 5.10 Å². The molecular weight excluding hydrogens is 430 g/mol. The zero-order valence-electron chi connectivity index (χ0n) is 19.1. The highest BCUT2D eigenvalue weighted by Gasteiger charge is 2.25. The topological polar surface area (TPSA) is 112 Å². The third-order valence-electron chi connectivity index (χ3n) is 5.03. The summed E-state index contributed by atoms with van der Waals surface area (Å²) in [5, 5.41) is 7.32. The number of primary amides is 1. The lowest BCUT2D eigenvalue weighted by molar-refractivity contribution is 0.0997. The fourth-order valence-corrected chi connectivity index (χ4v) is 3.44. The smallest absolute Gasteiger partial charge is 0.260 e. The van der Waals surface area contributed by atoms with E-state index in [9.17, 15) is 9.59 Å². The van der Waals surface area contributed by atoms with Crippen LogP contribution in [0.2, 0.25) is 0 Å². The second-order valence-electron chi connectivity index (χ2n) is 8.68. The molecule has 0 bridgehead atoms. The van der Waals surface area contributed by atoms with Crippen molar-refractivity contribution in [2.75, 3.05) is 5.32 Å². The predicted molar refractivity (Wildman–Crippen MR) is 130 cm³/mol. The Morgan fingerprint density at radius 2 is 1.71 bits per heavy atom. The number of amides is 2. The number of carbonyl (C=O) groups excluding carboxylic acids is 2. The number of aromatic nitrogens is 3. The number of nitrogens with two attached hydrogens (primary N) is 1. The second-order valence-corrected chi connectivity index (χ2v) is 8.68. The summed E-state index contributed by atoms with van der Waals surface area (Å²) >= 11 is 0. The summed E-state index contributed by atoms with van der Waals surface area (Å²) in [6.45, 7) is 6.11. The summed E-state index contributed by atoms with van der Waals surface area (Å²) in [6.07, 6.45) is 3.06. The fourth-order valence-electron chi connectivity index (χ4n) is 3.44. The maximum atomic E-state index is 13.1. The number of nitrogens with one attached hydrogen (secondary N) is 1. The van der Waals surface area contributed by atoms with Crippen LogP contribution < -0.4 is 15.8 Å². The quantitative estimate of drug-likeness (QED) is 0.432. The van der Waals surface area contributed by atoms with Gasteiger partial charge in [0.1, 0.15) is 17.3 Å². The van der Waals surface area contributed by atoms with E-state index in [0.29, 0.717) is 28.4 Å². The Bertz CT molecular complexity index is 1320. The fraction of sp³-hybridized carbons (Fsp3) is 0.154. The molecule has 0 atom stereocenters. The van der Waals surface area contributed by atoms with Gasteiger partial charge in [0.2, 0.25) is 5.91 Å². The van der Waals surface area contributed by atoms with E-state index in [2.05, 4.69) is 15.4 Å². The maximum Gasteiger partial charge on any atom is 0.260 e. The standard InChI is InChI=1S/C26H25N5O3/c1-26(2,3)31-23(17-8-5-4-6-9-17)21(16-29-31)25(33)30-22-13-12-20(15-28-22)34-19-11-7-10-18(14-19)24(27)32/h4-16H,1-3H3,(H2,27,32)(H,28,30,33). The lowest BCUT2D eigenvalue weighted by Crippen LogP contribution is -2.24. The first-order valence-electron chi connectivity index (χ1n) is 10.7. The lowest BCUT2D eigenvalue weighted by atomic mass is 10.0. The number of benzene rings is 2. The van der Waals surface area contributed by atoms with Gasteiger partial charge in [0.25, 0.3) is 5.91 Å². The molecule has 8 heteroatoms. The molecule has 0 saturated carbocycles. The Labute approximate surface area is 197 Å². The molecule has 0 saturated heterocycles. The van der Waals surface area contributed by atoms with E-state index in [4.69, 9.17) is 10.5 Å². The first-order valence-corrected chi connectivity index (χ1v) is 10.7. The van der Waals surface area contributed by atoms with Crippen LogP contribution in [0.3, 0.4) is 0 Å². The van der Waals surface area contributed by atoms with Crippen LogP contribution in [0.1, 0.15) is 41.5 Å². The van der Waals surface area contributed by atoms with Crippen LogP contribution in [0.4, 0.5) is 5.82 Å². The Morgan fingerprint density at radius 3 is 2.35 bits per heavy atom. The van der Waals surface area contributed by atoms with Crippen molar-refractivity contribution < 1.29 is 14.3 Å². The number of anilines is 1. The van der Waals surface area contributed by atoms with E-state index in [1.807, 2.05) is 55.8 Å². The minimum Gasteiger partial charge on any atom is -0.456 e. The van der Waals surface area contributed by atoms with E-state index in [1.165, 1.54) is 6.20 Å². The van der Waals surface area contributed by atoms with Gasteiger partial charge in [-0.25, -0.2) is 4.98 Å². The van der Waals surface area contributed by atoms with Crippen LogP contribution in [-0.4, -0.2) is 26.6 Å². The second kappa shape index (κ2) is 9.19. The van der Waals surface area contributed by atoms with Gasteiger partial charge in [-0.15, -0.1) is 0 Å². The Hall–Kier alpha value is -4.46. The van der Waals surface area contributed by atoms with Crippen molar-refractivity contribution in [1.29, 1.82) is 0 Å². The molecule has 2 aromatic carbocycles. The van der Waals surface area contributed by atoms with Gasteiger partial charge < -0.3 is 15.8 Å². The number of carbonyl (C=O) groups is 2. The minimum atomic E-state index is -0.536. The number of rotatable bonds is 6. The Kier molecular flexibility index (Phi) is 6.14. The summed E-state index contributed by atoms with van der Waals surface area (Å²) in [4.78, 5) is 28.8. The molecule has 0 unspecified atom stereocenters. The molecule has 3 N–H and O–H groups in total. The van der Waals surface area contributed by atoms with Crippen LogP contribution in [0.25, 0.3) is 11.3 Å². The van der Waals surface area contributed by atoms with Gasteiger partial charge in [0, 0.05) is 11.1 Å². The van der Waals surface area contributed by atoms with Gasteiger partial charge in [0.15, 0.2) is 0 Å². The third-order valence-corrected chi connectivity index (χ3v) is 5.03. The zero-order valence-corrected chi connectivity index (χ0v) is 19.1.